The molecule has 90 valence electrons. The number of carbonyl (C=O) groups is 2. The van der Waals surface area contributed by atoms with Crippen LogP contribution in [0.1, 0.15) is 5.56 Å². The van der Waals surface area contributed by atoms with E-state index in [-0.39, 0.29) is 5.91 Å². The normalized spacial score (nSPS) is 10.4. The quantitative estimate of drug-likeness (QED) is 0.572. The molecule has 0 radical (unpaired) electrons. The van der Waals surface area contributed by atoms with Gasteiger partial charge in [-0.05, 0) is 23.6 Å². The Kier molecular flexibility index (Phi) is 6.10. The van der Waals surface area contributed by atoms with Gasteiger partial charge < -0.3 is 0 Å². The first-order chi connectivity index (χ1) is 8.27. The third-order valence-corrected chi connectivity index (χ3v) is 2.65. The fourth-order valence-electron chi connectivity index (χ4n) is 1.33. The van der Waals surface area contributed by atoms with Crippen molar-refractivity contribution in [2.45, 2.75) is 6.42 Å². The Morgan fingerprint density at radius 3 is 2.65 bits per heavy atom. The molecule has 0 fully saturated rings. The minimum absolute atomic E-state index is 0.273. The highest BCUT2D eigenvalue weighted by Crippen LogP contribution is 2.02. The lowest BCUT2D eigenvalue weighted by molar-refractivity contribution is -0.134. The van der Waals surface area contributed by atoms with Crippen LogP contribution < -0.4 is 0 Å². The predicted octanol–water partition coefficient (Wildman–Crippen LogP) is 2.09. The highest BCUT2D eigenvalue weighted by Gasteiger charge is 2.08. The van der Waals surface area contributed by atoms with E-state index >= 15 is 0 Å². The maximum absolute atomic E-state index is 11.5. The van der Waals surface area contributed by atoms with Crippen molar-refractivity contribution in [2.75, 3.05) is 12.8 Å². The van der Waals surface area contributed by atoms with Crippen LogP contribution in [0.5, 0.6) is 0 Å². The van der Waals surface area contributed by atoms with Crippen molar-refractivity contribution in [3.05, 3.63) is 47.4 Å². The van der Waals surface area contributed by atoms with Crippen molar-refractivity contribution in [3.8, 4) is 0 Å². The van der Waals surface area contributed by atoms with Gasteiger partial charge in [-0.3, -0.25) is 14.5 Å². The van der Waals surface area contributed by atoms with Crippen LogP contribution >= 0.6 is 11.8 Å². The Hall–Kier alpha value is -1.55. The summed E-state index contributed by atoms with van der Waals surface area (Å²) in [5, 5.41) is 1.67. The highest BCUT2D eigenvalue weighted by atomic mass is 32.2. The average Bonchev–Trinajstić information content (AvgIpc) is 2.38. The number of hydrogen-bond acceptors (Lipinski definition) is 3. The fourth-order valence-corrected chi connectivity index (χ4v) is 1.58. The molecule has 3 nitrogen and oxygen atoms in total. The van der Waals surface area contributed by atoms with Crippen LogP contribution in [-0.4, -0.2) is 30.0 Å². The lowest BCUT2D eigenvalue weighted by atomic mass is 10.1. The first-order valence-corrected chi connectivity index (χ1v) is 6.56. The van der Waals surface area contributed by atoms with Crippen molar-refractivity contribution in [1.29, 1.82) is 0 Å². The maximum atomic E-state index is 11.5. The summed E-state index contributed by atoms with van der Waals surface area (Å²) in [5.74, 6) is -0.273. The Balaban J connectivity index is 2.50. The van der Waals surface area contributed by atoms with Crippen molar-refractivity contribution in [1.82, 2.24) is 4.90 Å². The zero-order valence-electron chi connectivity index (χ0n) is 9.70. The van der Waals surface area contributed by atoms with Crippen LogP contribution in [-0.2, 0) is 16.0 Å². The van der Waals surface area contributed by atoms with Gasteiger partial charge in [-0.2, -0.15) is 0 Å². The minimum atomic E-state index is -0.273. The van der Waals surface area contributed by atoms with Gasteiger partial charge in [-0.15, -0.1) is 11.8 Å². The monoisotopic (exact) mass is 249 g/mol. The number of carbonyl (C=O) groups excluding carboxylic acids is 2. The van der Waals surface area contributed by atoms with Gasteiger partial charge in [-0.1, -0.05) is 30.3 Å². The third kappa shape index (κ3) is 4.87. The lowest BCUT2D eigenvalue weighted by Crippen LogP contribution is -2.30. The van der Waals surface area contributed by atoms with Crippen molar-refractivity contribution >= 4 is 24.1 Å². The van der Waals surface area contributed by atoms with E-state index in [0.29, 0.717) is 19.4 Å². The van der Waals surface area contributed by atoms with Crippen LogP contribution in [0, 0.1) is 0 Å². The summed E-state index contributed by atoms with van der Waals surface area (Å²) in [5.41, 5.74) is 1.11. The first-order valence-electron chi connectivity index (χ1n) is 5.27. The fraction of sp³-hybridized carbons (Fsp3) is 0.231. The van der Waals surface area contributed by atoms with E-state index in [0.717, 1.165) is 5.56 Å². The van der Waals surface area contributed by atoms with Gasteiger partial charge in [0.05, 0.1) is 0 Å². The summed E-state index contributed by atoms with van der Waals surface area (Å²) in [6, 6.07) is 9.77. The van der Waals surface area contributed by atoms with Gasteiger partial charge >= 0.3 is 0 Å². The van der Waals surface area contributed by atoms with Crippen LogP contribution in [0.15, 0.2) is 41.8 Å². The van der Waals surface area contributed by atoms with E-state index in [2.05, 4.69) is 0 Å². The third-order valence-electron chi connectivity index (χ3n) is 2.24. The molecule has 4 heteroatoms. The van der Waals surface area contributed by atoms with Gasteiger partial charge in [0.2, 0.25) is 6.41 Å². The van der Waals surface area contributed by atoms with E-state index < -0.39 is 0 Å². The maximum Gasteiger partial charge on any atom is 0.253 e. The summed E-state index contributed by atoms with van der Waals surface area (Å²) in [7, 11) is 0. The second kappa shape index (κ2) is 7.68. The standard InChI is InChI=1S/C13H15NO2S/c1-17-10-8-13(16)14(11-15)9-7-12-5-3-2-4-6-12/h2-6,8,10-11H,7,9H2,1H3/b10-8-. The second-order valence-corrected chi connectivity index (χ2v) is 4.15. The summed E-state index contributed by atoms with van der Waals surface area (Å²) in [6.07, 6.45) is 4.53. The first kappa shape index (κ1) is 13.5. The van der Waals surface area contributed by atoms with Crippen molar-refractivity contribution < 1.29 is 9.59 Å². The molecule has 17 heavy (non-hydrogen) atoms. The summed E-state index contributed by atoms with van der Waals surface area (Å²) >= 11 is 1.43. The number of benzene rings is 1. The van der Waals surface area contributed by atoms with Crippen LogP contribution in [0.2, 0.25) is 0 Å². The lowest BCUT2D eigenvalue weighted by Gasteiger charge is -2.12. The predicted molar refractivity (Wildman–Crippen MR) is 70.6 cm³/mol. The smallest absolute Gasteiger partial charge is 0.253 e. The number of rotatable bonds is 6. The Morgan fingerprint density at radius 2 is 2.06 bits per heavy atom. The van der Waals surface area contributed by atoms with E-state index in [1.165, 1.54) is 22.7 Å². The molecule has 0 N–H and O–H groups in total. The average molecular weight is 249 g/mol. The molecule has 0 heterocycles. The summed E-state index contributed by atoms with van der Waals surface area (Å²) in [4.78, 5) is 23.5. The van der Waals surface area contributed by atoms with Gasteiger partial charge in [-0.25, -0.2) is 0 Å². The van der Waals surface area contributed by atoms with E-state index in [1.807, 2.05) is 36.6 Å². The van der Waals surface area contributed by atoms with Gasteiger partial charge in [0.15, 0.2) is 0 Å². The van der Waals surface area contributed by atoms with Crippen LogP contribution in [0.3, 0.4) is 0 Å². The highest BCUT2D eigenvalue weighted by molar-refractivity contribution is 8.01. The summed E-state index contributed by atoms with van der Waals surface area (Å²) < 4.78 is 0. The molecule has 0 atom stereocenters. The summed E-state index contributed by atoms with van der Waals surface area (Å²) in [6.45, 7) is 0.408. The van der Waals surface area contributed by atoms with Crippen molar-refractivity contribution in [3.63, 3.8) is 0 Å². The number of nitrogens with zero attached hydrogens (tertiary/aromatic N) is 1. The molecule has 1 rings (SSSR count). The molecule has 0 bridgehead atoms. The molecule has 2 amide bonds. The SMILES string of the molecule is CS/C=C\C(=O)N(C=O)CCc1ccccc1. The zero-order valence-corrected chi connectivity index (χ0v) is 10.5. The topological polar surface area (TPSA) is 37.4 Å². The van der Waals surface area contributed by atoms with Gasteiger partial charge in [0.25, 0.3) is 5.91 Å². The molecule has 0 aromatic heterocycles. The number of hydrogen-bond donors (Lipinski definition) is 0. The minimum Gasteiger partial charge on any atom is -0.281 e. The molecule has 0 aliphatic rings. The van der Waals surface area contributed by atoms with Crippen LogP contribution in [0.4, 0.5) is 0 Å². The molecular weight excluding hydrogens is 234 g/mol. The Bertz CT molecular complexity index is 390. The zero-order chi connectivity index (χ0) is 12.5. The molecule has 1 aromatic carbocycles. The van der Waals surface area contributed by atoms with E-state index in [4.69, 9.17) is 0 Å². The molecule has 1 aromatic rings. The molecule has 0 aliphatic heterocycles. The largest absolute Gasteiger partial charge is 0.281 e. The molecular formula is C13H15NO2S. The Labute approximate surface area is 106 Å². The Morgan fingerprint density at radius 1 is 1.35 bits per heavy atom. The molecule has 0 aliphatic carbocycles. The van der Waals surface area contributed by atoms with Gasteiger partial charge in [0, 0.05) is 12.6 Å². The van der Waals surface area contributed by atoms with E-state index in [9.17, 15) is 9.59 Å². The molecule has 0 unspecified atom stereocenters. The second-order valence-electron chi connectivity index (χ2n) is 3.41. The van der Waals surface area contributed by atoms with Gasteiger partial charge in [0.1, 0.15) is 0 Å². The van der Waals surface area contributed by atoms with Crippen molar-refractivity contribution in [2.24, 2.45) is 0 Å². The molecule has 0 saturated carbocycles. The number of imide groups is 1. The number of thioether (sulfide) groups is 1. The molecule has 0 spiro atoms. The van der Waals surface area contributed by atoms with E-state index in [1.54, 1.807) is 5.41 Å². The van der Waals surface area contributed by atoms with Crippen LogP contribution in [0.25, 0.3) is 0 Å². The number of amides is 2. The molecule has 0 saturated heterocycles.